The van der Waals surface area contributed by atoms with Crippen LogP contribution in [0.25, 0.3) is 0 Å². The second kappa shape index (κ2) is 13.2. The molecule has 0 spiro atoms. The number of likely N-dealkylation sites (N-methyl/N-ethyl adjacent to an activating group) is 1. The summed E-state index contributed by atoms with van der Waals surface area (Å²) in [6, 6.07) is 18.5. The Labute approximate surface area is 217 Å². The predicted octanol–water partition coefficient (Wildman–Crippen LogP) is 3.35. The molecule has 7 nitrogen and oxygen atoms in total. The van der Waals surface area contributed by atoms with Gasteiger partial charge in [0.05, 0.1) is 16.3 Å². The van der Waals surface area contributed by atoms with Crippen molar-refractivity contribution in [1.82, 2.24) is 14.5 Å². The summed E-state index contributed by atoms with van der Waals surface area (Å²) in [5, 5.41) is 3.12. The Balaban J connectivity index is 0.00000432. The van der Waals surface area contributed by atoms with Crippen molar-refractivity contribution in [3.63, 3.8) is 0 Å². The molecule has 0 aliphatic carbocycles. The van der Waals surface area contributed by atoms with E-state index in [2.05, 4.69) is 10.2 Å². The monoisotopic (exact) mass is 543 g/mol. The summed E-state index contributed by atoms with van der Waals surface area (Å²) in [6.07, 6.45) is 3.29. The predicted molar refractivity (Wildman–Crippen MR) is 144 cm³/mol. The van der Waals surface area contributed by atoms with E-state index in [1.807, 2.05) is 37.3 Å². The molecule has 196 valence electrons. The van der Waals surface area contributed by atoms with Gasteiger partial charge in [0, 0.05) is 32.9 Å². The number of sulfonamides is 1. The van der Waals surface area contributed by atoms with Crippen molar-refractivity contribution in [3.8, 4) is 0 Å². The van der Waals surface area contributed by atoms with Crippen LogP contribution in [0.5, 0.6) is 0 Å². The van der Waals surface area contributed by atoms with Gasteiger partial charge in [0.15, 0.2) is 0 Å². The summed E-state index contributed by atoms with van der Waals surface area (Å²) in [5.41, 5.74) is 1.10. The van der Waals surface area contributed by atoms with Crippen LogP contribution in [0.15, 0.2) is 65.6 Å². The largest absolute Gasteiger partial charge is 0.302 e. The zero-order valence-corrected chi connectivity index (χ0v) is 23.2. The zero-order chi connectivity index (χ0) is 24.8. The third-order valence-electron chi connectivity index (χ3n) is 6.68. The third kappa shape index (κ3) is 8.00. The SMILES string of the molecule is CCN[C@@H]1C[C@H](S(C)(=O)=O)CCN1CCC(CN(C)S(=O)(=O)c1ccccc1)c1ccccc1.Cl. The summed E-state index contributed by atoms with van der Waals surface area (Å²) in [4.78, 5) is 2.60. The Morgan fingerprint density at radius 1 is 1.03 bits per heavy atom. The number of hydrogen-bond acceptors (Lipinski definition) is 6. The smallest absolute Gasteiger partial charge is 0.242 e. The molecular formula is C25H38ClN3O4S2. The van der Waals surface area contributed by atoms with Crippen LogP contribution in [-0.4, -0.2) is 76.9 Å². The second-order valence-electron chi connectivity index (χ2n) is 9.08. The molecule has 10 heteroatoms. The molecule has 0 amide bonds. The molecule has 1 heterocycles. The van der Waals surface area contributed by atoms with E-state index in [-0.39, 0.29) is 29.7 Å². The maximum atomic E-state index is 13.1. The Morgan fingerprint density at radius 2 is 1.63 bits per heavy atom. The highest BCUT2D eigenvalue weighted by Crippen LogP contribution is 2.27. The molecule has 1 fully saturated rings. The van der Waals surface area contributed by atoms with Crippen LogP contribution in [0, 0.1) is 0 Å². The van der Waals surface area contributed by atoms with Crippen molar-refractivity contribution in [1.29, 1.82) is 0 Å². The minimum Gasteiger partial charge on any atom is -0.302 e. The van der Waals surface area contributed by atoms with Crippen LogP contribution in [0.1, 0.15) is 37.7 Å². The lowest BCUT2D eigenvalue weighted by Gasteiger charge is -2.40. The average molecular weight is 544 g/mol. The summed E-state index contributed by atoms with van der Waals surface area (Å²) in [7, 11) is -5.02. The number of piperidine rings is 1. The van der Waals surface area contributed by atoms with E-state index in [0.717, 1.165) is 25.1 Å². The maximum absolute atomic E-state index is 13.1. The van der Waals surface area contributed by atoms with Gasteiger partial charge in [0.1, 0.15) is 9.84 Å². The molecule has 1 aliphatic rings. The average Bonchev–Trinajstić information content (AvgIpc) is 2.82. The van der Waals surface area contributed by atoms with Gasteiger partial charge in [-0.25, -0.2) is 21.1 Å². The summed E-state index contributed by atoms with van der Waals surface area (Å²) in [5.74, 6) is 0.0135. The fourth-order valence-electron chi connectivity index (χ4n) is 4.68. The lowest BCUT2D eigenvalue weighted by molar-refractivity contribution is 0.119. The van der Waals surface area contributed by atoms with Crippen molar-refractivity contribution in [2.45, 2.75) is 48.4 Å². The fraction of sp³-hybridized carbons (Fsp3) is 0.520. The van der Waals surface area contributed by atoms with Gasteiger partial charge in [0.2, 0.25) is 10.0 Å². The van der Waals surface area contributed by atoms with E-state index in [1.54, 1.807) is 37.4 Å². The molecule has 0 radical (unpaired) electrons. The number of nitrogens with zero attached hydrogens (tertiary/aromatic N) is 2. The summed E-state index contributed by atoms with van der Waals surface area (Å²) in [6.45, 7) is 4.62. The molecule has 1 saturated heterocycles. The molecule has 0 bridgehead atoms. The van der Waals surface area contributed by atoms with Crippen LogP contribution >= 0.6 is 12.4 Å². The third-order valence-corrected chi connectivity index (χ3v) is 10.2. The second-order valence-corrected chi connectivity index (χ2v) is 13.5. The molecular weight excluding hydrogens is 506 g/mol. The molecule has 1 aliphatic heterocycles. The first kappa shape index (κ1) is 29.7. The Kier molecular flexibility index (Phi) is 11.2. The topological polar surface area (TPSA) is 86.8 Å². The highest BCUT2D eigenvalue weighted by Gasteiger charge is 2.33. The molecule has 2 aromatic rings. The van der Waals surface area contributed by atoms with Gasteiger partial charge < -0.3 is 5.32 Å². The lowest BCUT2D eigenvalue weighted by Crippen LogP contribution is -2.53. The van der Waals surface area contributed by atoms with E-state index < -0.39 is 19.9 Å². The molecule has 3 atom stereocenters. The van der Waals surface area contributed by atoms with E-state index in [9.17, 15) is 16.8 Å². The van der Waals surface area contributed by atoms with Gasteiger partial charge >= 0.3 is 0 Å². The summed E-state index contributed by atoms with van der Waals surface area (Å²) < 4.78 is 51.9. The first-order valence-corrected chi connectivity index (χ1v) is 15.2. The molecule has 0 aromatic heterocycles. The molecule has 3 rings (SSSR count). The van der Waals surface area contributed by atoms with Gasteiger partial charge in [-0.15, -0.1) is 12.4 Å². The van der Waals surface area contributed by atoms with Crippen molar-refractivity contribution >= 4 is 32.3 Å². The Hall–Kier alpha value is -1.49. The van der Waals surface area contributed by atoms with Crippen molar-refractivity contribution in [2.24, 2.45) is 0 Å². The standard InChI is InChI=1S/C25H37N3O4S2.ClH/c1-4-26-25-19-24(33(3,29)30)16-18-28(25)17-15-22(21-11-7-5-8-12-21)20-27(2)34(31,32)23-13-9-6-10-14-23;/h5-14,22,24-26H,4,15-20H2,1-3H3;1H/t22?,24-,25+;/m1./s1. The van der Waals surface area contributed by atoms with Gasteiger partial charge in [0.25, 0.3) is 0 Å². The number of nitrogens with one attached hydrogen (secondary N) is 1. The lowest BCUT2D eigenvalue weighted by atomic mass is 9.94. The van der Waals surface area contributed by atoms with Gasteiger partial charge in [-0.3, -0.25) is 4.90 Å². The van der Waals surface area contributed by atoms with Gasteiger partial charge in [-0.1, -0.05) is 55.5 Å². The van der Waals surface area contributed by atoms with Crippen LogP contribution in [0.2, 0.25) is 0 Å². The molecule has 2 aromatic carbocycles. The zero-order valence-electron chi connectivity index (χ0n) is 20.7. The number of rotatable bonds is 11. The number of halogens is 1. The number of sulfone groups is 1. The van der Waals surface area contributed by atoms with Crippen LogP contribution in [-0.2, 0) is 19.9 Å². The van der Waals surface area contributed by atoms with E-state index in [4.69, 9.17) is 0 Å². The first-order chi connectivity index (χ1) is 16.1. The highest BCUT2D eigenvalue weighted by atomic mass is 35.5. The van der Waals surface area contributed by atoms with Crippen LogP contribution < -0.4 is 5.32 Å². The first-order valence-electron chi connectivity index (χ1n) is 11.9. The van der Waals surface area contributed by atoms with Crippen molar-refractivity contribution < 1.29 is 16.8 Å². The van der Waals surface area contributed by atoms with E-state index in [0.29, 0.717) is 30.8 Å². The Morgan fingerprint density at radius 3 is 2.20 bits per heavy atom. The maximum Gasteiger partial charge on any atom is 0.242 e. The quantitative estimate of drug-likeness (QED) is 0.468. The van der Waals surface area contributed by atoms with Crippen molar-refractivity contribution in [3.05, 3.63) is 66.2 Å². The summed E-state index contributed by atoms with van der Waals surface area (Å²) >= 11 is 0. The minimum atomic E-state index is -3.59. The molecule has 0 saturated carbocycles. The minimum absolute atomic E-state index is 0. The molecule has 1 N–H and O–H groups in total. The number of likely N-dealkylation sites (tertiary alicyclic amines) is 1. The number of hydrogen-bond donors (Lipinski definition) is 1. The Bertz CT molecular complexity index is 1120. The van der Waals surface area contributed by atoms with Crippen molar-refractivity contribution in [2.75, 3.05) is 39.5 Å². The fourth-order valence-corrected chi connectivity index (χ4v) is 6.98. The van der Waals surface area contributed by atoms with Gasteiger partial charge in [-0.2, -0.15) is 0 Å². The molecule has 1 unspecified atom stereocenters. The highest BCUT2D eigenvalue weighted by molar-refractivity contribution is 7.91. The molecule has 35 heavy (non-hydrogen) atoms. The van der Waals surface area contributed by atoms with Crippen LogP contribution in [0.3, 0.4) is 0 Å². The van der Waals surface area contributed by atoms with Gasteiger partial charge in [-0.05, 0) is 49.4 Å². The van der Waals surface area contributed by atoms with E-state index >= 15 is 0 Å². The van der Waals surface area contributed by atoms with E-state index in [1.165, 1.54) is 10.6 Å². The normalized spacial score (nSPS) is 20.3. The van der Waals surface area contributed by atoms with Crippen LogP contribution in [0.4, 0.5) is 0 Å². The number of benzene rings is 2.